The summed E-state index contributed by atoms with van der Waals surface area (Å²) < 4.78 is 5.46. The van der Waals surface area contributed by atoms with Gasteiger partial charge in [-0.2, -0.15) is 0 Å². The van der Waals surface area contributed by atoms with Gasteiger partial charge in [0.05, 0.1) is 0 Å². The third-order valence-corrected chi connectivity index (χ3v) is 3.35. The summed E-state index contributed by atoms with van der Waals surface area (Å²) in [7, 11) is 0. The predicted octanol–water partition coefficient (Wildman–Crippen LogP) is 3.94. The Bertz CT molecular complexity index is 732. The zero-order valence-electron chi connectivity index (χ0n) is 11.5. The fraction of sp³-hybridized carbons (Fsp3) is 0.111. The minimum atomic E-state index is 0.351. The number of aryl methyl sites for hydroxylation is 2. The minimum Gasteiger partial charge on any atom is -0.453 e. The van der Waals surface area contributed by atoms with Gasteiger partial charge < -0.3 is 4.42 Å². The van der Waals surface area contributed by atoms with Gasteiger partial charge in [-0.15, -0.1) is 0 Å². The van der Waals surface area contributed by atoms with Crippen LogP contribution in [-0.4, -0.2) is 11.3 Å². The number of hydrogen-bond acceptors (Lipinski definition) is 3. The van der Waals surface area contributed by atoms with Crippen LogP contribution >= 0.6 is 0 Å². The van der Waals surface area contributed by atoms with E-state index in [0.29, 0.717) is 12.0 Å². The number of nitrogens with zero attached hydrogens (tertiary/aromatic N) is 1. The smallest absolute Gasteiger partial charge is 0.185 e. The molecule has 2 heterocycles. The molecule has 3 rings (SSSR count). The maximum atomic E-state index is 10.7. The van der Waals surface area contributed by atoms with Crippen molar-refractivity contribution < 1.29 is 9.21 Å². The summed E-state index contributed by atoms with van der Waals surface area (Å²) in [5, 5.41) is 0. The third-order valence-electron chi connectivity index (χ3n) is 3.35. The van der Waals surface area contributed by atoms with Crippen molar-refractivity contribution in [2.24, 2.45) is 0 Å². The maximum Gasteiger partial charge on any atom is 0.185 e. The standard InChI is InChI=1S/C18H15NO2/c20-13-17-9-10-18(21-17)15-5-3-4-14(12-15)7-8-16-6-1-2-11-19-16/h1-6,9-13H,7-8H2. The molecule has 2 aromatic heterocycles. The highest BCUT2D eigenvalue weighted by Crippen LogP contribution is 2.23. The van der Waals surface area contributed by atoms with Crippen LogP contribution in [0.3, 0.4) is 0 Å². The normalized spacial score (nSPS) is 10.5. The number of hydrogen-bond donors (Lipinski definition) is 0. The molecule has 3 aromatic rings. The lowest BCUT2D eigenvalue weighted by atomic mass is 10.0. The van der Waals surface area contributed by atoms with Crippen molar-refractivity contribution in [2.75, 3.05) is 0 Å². The van der Waals surface area contributed by atoms with Crippen molar-refractivity contribution in [1.82, 2.24) is 4.98 Å². The fourth-order valence-electron chi connectivity index (χ4n) is 2.27. The van der Waals surface area contributed by atoms with E-state index in [2.05, 4.69) is 17.1 Å². The summed E-state index contributed by atoms with van der Waals surface area (Å²) in [4.78, 5) is 15.0. The maximum absolute atomic E-state index is 10.7. The topological polar surface area (TPSA) is 43.1 Å². The van der Waals surface area contributed by atoms with E-state index in [9.17, 15) is 4.79 Å². The number of aromatic nitrogens is 1. The second kappa shape index (κ2) is 6.18. The first-order valence-corrected chi connectivity index (χ1v) is 6.89. The van der Waals surface area contributed by atoms with Gasteiger partial charge in [0.1, 0.15) is 5.76 Å². The van der Waals surface area contributed by atoms with E-state index in [1.54, 1.807) is 6.07 Å². The van der Waals surface area contributed by atoms with E-state index in [4.69, 9.17) is 4.42 Å². The molecule has 1 aromatic carbocycles. The van der Waals surface area contributed by atoms with E-state index in [-0.39, 0.29) is 0 Å². The van der Waals surface area contributed by atoms with Crippen LogP contribution < -0.4 is 0 Å². The summed E-state index contributed by atoms with van der Waals surface area (Å²) >= 11 is 0. The van der Waals surface area contributed by atoms with Crippen LogP contribution in [-0.2, 0) is 12.8 Å². The van der Waals surface area contributed by atoms with Gasteiger partial charge in [0, 0.05) is 17.5 Å². The molecule has 0 spiro atoms. The minimum absolute atomic E-state index is 0.351. The Morgan fingerprint density at radius 2 is 1.95 bits per heavy atom. The van der Waals surface area contributed by atoms with Gasteiger partial charge in [-0.1, -0.05) is 24.3 Å². The molecule has 104 valence electrons. The molecular formula is C18H15NO2. The summed E-state index contributed by atoms with van der Waals surface area (Å²) in [5.41, 5.74) is 3.30. The molecule has 21 heavy (non-hydrogen) atoms. The molecule has 0 bridgehead atoms. The Morgan fingerprint density at radius 1 is 1.00 bits per heavy atom. The highest BCUT2D eigenvalue weighted by molar-refractivity contribution is 5.72. The average molecular weight is 277 g/mol. The number of carbonyl (C=O) groups is 1. The second-order valence-corrected chi connectivity index (χ2v) is 4.84. The van der Waals surface area contributed by atoms with E-state index in [0.717, 1.165) is 29.9 Å². The Morgan fingerprint density at radius 3 is 2.71 bits per heavy atom. The van der Waals surface area contributed by atoms with E-state index in [1.165, 1.54) is 5.56 Å². The summed E-state index contributed by atoms with van der Waals surface area (Å²) in [5.74, 6) is 1.07. The molecule has 0 aliphatic rings. The van der Waals surface area contributed by atoms with Crippen LogP contribution in [0.5, 0.6) is 0 Å². The van der Waals surface area contributed by atoms with Crippen LogP contribution in [0.2, 0.25) is 0 Å². The lowest BCUT2D eigenvalue weighted by Gasteiger charge is -2.04. The summed E-state index contributed by atoms with van der Waals surface area (Å²) in [6.45, 7) is 0. The van der Waals surface area contributed by atoms with Gasteiger partial charge in [-0.05, 0) is 48.7 Å². The number of pyridine rings is 1. The molecule has 0 N–H and O–H groups in total. The highest BCUT2D eigenvalue weighted by atomic mass is 16.3. The zero-order valence-corrected chi connectivity index (χ0v) is 11.5. The van der Waals surface area contributed by atoms with Crippen molar-refractivity contribution in [3.63, 3.8) is 0 Å². The molecule has 0 aliphatic heterocycles. The SMILES string of the molecule is O=Cc1ccc(-c2cccc(CCc3ccccn3)c2)o1. The van der Waals surface area contributed by atoms with E-state index < -0.39 is 0 Å². The lowest BCUT2D eigenvalue weighted by molar-refractivity contribution is 0.110. The largest absolute Gasteiger partial charge is 0.453 e. The molecule has 0 saturated carbocycles. The van der Waals surface area contributed by atoms with Gasteiger partial charge in [-0.3, -0.25) is 9.78 Å². The average Bonchev–Trinajstić information content (AvgIpc) is 3.03. The van der Waals surface area contributed by atoms with Crippen LogP contribution in [0.4, 0.5) is 0 Å². The van der Waals surface area contributed by atoms with Crippen LogP contribution in [0.15, 0.2) is 65.2 Å². The van der Waals surface area contributed by atoms with Gasteiger partial charge in [0.15, 0.2) is 12.0 Å². The first kappa shape index (κ1) is 13.3. The number of furan rings is 1. The molecule has 0 amide bonds. The van der Waals surface area contributed by atoms with Gasteiger partial charge in [-0.25, -0.2) is 0 Å². The predicted molar refractivity (Wildman–Crippen MR) is 81.2 cm³/mol. The fourth-order valence-corrected chi connectivity index (χ4v) is 2.27. The molecule has 0 saturated heterocycles. The molecule has 0 radical (unpaired) electrons. The van der Waals surface area contributed by atoms with Crippen molar-refractivity contribution >= 4 is 6.29 Å². The van der Waals surface area contributed by atoms with E-state index >= 15 is 0 Å². The Hall–Kier alpha value is -2.68. The first-order chi connectivity index (χ1) is 10.3. The van der Waals surface area contributed by atoms with Gasteiger partial charge >= 0.3 is 0 Å². The quantitative estimate of drug-likeness (QED) is 0.663. The third kappa shape index (κ3) is 3.26. The lowest BCUT2D eigenvalue weighted by Crippen LogP contribution is -1.93. The number of aldehydes is 1. The van der Waals surface area contributed by atoms with Gasteiger partial charge in [0.25, 0.3) is 0 Å². The molecule has 3 nitrogen and oxygen atoms in total. The van der Waals surface area contributed by atoms with Crippen LogP contribution in [0, 0.1) is 0 Å². The number of carbonyl (C=O) groups excluding carboxylic acids is 1. The molecule has 3 heteroatoms. The molecular weight excluding hydrogens is 262 g/mol. The highest BCUT2D eigenvalue weighted by Gasteiger charge is 2.05. The Labute approximate surface area is 123 Å². The zero-order chi connectivity index (χ0) is 14.5. The van der Waals surface area contributed by atoms with Crippen LogP contribution in [0.25, 0.3) is 11.3 Å². The first-order valence-electron chi connectivity index (χ1n) is 6.89. The van der Waals surface area contributed by atoms with Crippen molar-refractivity contribution in [3.8, 4) is 11.3 Å². The van der Waals surface area contributed by atoms with Crippen LogP contribution in [0.1, 0.15) is 21.8 Å². The molecule has 0 aliphatic carbocycles. The second-order valence-electron chi connectivity index (χ2n) is 4.84. The van der Waals surface area contributed by atoms with E-state index in [1.807, 2.05) is 42.6 Å². The molecule has 0 fully saturated rings. The number of rotatable bonds is 5. The summed E-state index contributed by atoms with van der Waals surface area (Å²) in [6, 6.07) is 17.6. The Balaban J connectivity index is 1.75. The van der Waals surface area contributed by atoms with Crippen molar-refractivity contribution in [3.05, 3.63) is 77.8 Å². The summed E-state index contributed by atoms with van der Waals surface area (Å²) in [6.07, 6.45) is 4.36. The van der Waals surface area contributed by atoms with Crippen molar-refractivity contribution in [2.45, 2.75) is 12.8 Å². The molecule has 0 atom stereocenters. The monoisotopic (exact) mass is 277 g/mol. The number of benzene rings is 1. The van der Waals surface area contributed by atoms with Crippen molar-refractivity contribution in [1.29, 1.82) is 0 Å². The van der Waals surface area contributed by atoms with Gasteiger partial charge in [0.2, 0.25) is 0 Å². The molecule has 0 unspecified atom stereocenters. The Kier molecular flexibility index (Phi) is 3.92.